The lowest BCUT2D eigenvalue weighted by atomic mass is 9.94. The van der Waals surface area contributed by atoms with Gasteiger partial charge in [0.25, 0.3) is 11.8 Å². The highest BCUT2D eigenvalue weighted by Gasteiger charge is 2.32. The molecule has 2 amide bonds. The average Bonchev–Trinajstić information content (AvgIpc) is 2.49. The standard InChI is InChI=1S/C16H12BrNO4/c1-9(19)22-8-7-18-15(20)11-4-2-3-10-13(17)6-5-12(14(10)11)16(18)21/h2-6H,7-8H2,1H3. The summed E-state index contributed by atoms with van der Waals surface area (Å²) < 4.78 is 5.66. The lowest BCUT2D eigenvalue weighted by molar-refractivity contribution is -0.141. The van der Waals surface area contributed by atoms with Crippen molar-refractivity contribution < 1.29 is 19.1 Å². The van der Waals surface area contributed by atoms with E-state index >= 15 is 0 Å². The molecule has 2 aromatic rings. The Bertz CT molecular complexity index is 793. The number of halogens is 1. The van der Waals surface area contributed by atoms with Crippen LogP contribution < -0.4 is 0 Å². The van der Waals surface area contributed by atoms with Gasteiger partial charge in [-0.3, -0.25) is 19.3 Å². The second kappa shape index (κ2) is 5.53. The van der Waals surface area contributed by atoms with Gasteiger partial charge in [0.1, 0.15) is 6.61 Å². The minimum atomic E-state index is -0.441. The van der Waals surface area contributed by atoms with Crippen LogP contribution in [0.4, 0.5) is 0 Å². The maximum absolute atomic E-state index is 12.5. The fraction of sp³-hybridized carbons (Fsp3) is 0.188. The Hall–Kier alpha value is -2.21. The van der Waals surface area contributed by atoms with Gasteiger partial charge in [-0.05, 0) is 23.6 Å². The predicted octanol–water partition coefficient (Wildman–Crippen LogP) is 2.76. The Kier molecular flexibility index (Phi) is 3.70. The van der Waals surface area contributed by atoms with Gasteiger partial charge < -0.3 is 4.74 Å². The summed E-state index contributed by atoms with van der Waals surface area (Å²) >= 11 is 3.44. The van der Waals surface area contributed by atoms with Gasteiger partial charge in [-0.25, -0.2) is 0 Å². The van der Waals surface area contributed by atoms with Gasteiger partial charge >= 0.3 is 5.97 Å². The third-order valence-corrected chi connectivity index (χ3v) is 4.25. The molecule has 0 radical (unpaired) electrons. The second-order valence-corrected chi connectivity index (χ2v) is 5.78. The fourth-order valence-electron chi connectivity index (χ4n) is 2.59. The number of esters is 1. The van der Waals surface area contributed by atoms with Crippen molar-refractivity contribution in [2.45, 2.75) is 6.92 Å². The number of imide groups is 1. The highest BCUT2D eigenvalue weighted by atomic mass is 79.9. The van der Waals surface area contributed by atoms with E-state index in [1.54, 1.807) is 24.3 Å². The first-order valence-electron chi connectivity index (χ1n) is 6.71. The molecular formula is C16H12BrNO4. The minimum Gasteiger partial charge on any atom is -0.464 e. The lowest BCUT2D eigenvalue weighted by Gasteiger charge is -2.27. The topological polar surface area (TPSA) is 63.7 Å². The molecule has 1 aliphatic rings. The molecule has 22 heavy (non-hydrogen) atoms. The molecule has 0 aliphatic carbocycles. The molecule has 0 spiro atoms. The van der Waals surface area contributed by atoms with Crippen molar-refractivity contribution in [3.63, 3.8) is 0 Å². The summed E-state index contributed by atoms with van der Waals surface area (Å²) in [5, 5.41) is 1.49. The number of hydrogen-bond donors (Lipinski definition) is 0. The SMILES string of the molecule is CC(=O)OCCN1C(=O)c2cccc3c(Br)ccc(c23)C1=O. The predicted molar refractivity (Wildman–Crippen MR) is 83.6 cm³/mol. The molecule has 0 saturated heterocycles. The van der Waals surface area contributed by atoms with Gasteiger partial charge in [-0.2, -0.15) is 0 Å². The van der Waals surface area contributed by atoms with E-state index in [4.69, 9.17) is 4.74 Å². The van der Waals surface area contributed by atoms with Crippen LogP contribution in [0.15, 0.2) is 34.8 Å². The van der Waals surface area contributed by atoms with Gasteiger partial charge in [-0.15, -0.1) is 0 Å². The first-order chi connectivity index (χ1) is 10.5. The summed E-state index contributed by atoms with van der Waals surface area (Å²) in [6.07, 6.45) is 0. The van der Waals surface area contributed by atoms with Crippen molar-refractivity contribution >= 4 is 44.5 Å². The minimum absolute atomic E-state index is 0.00531. The number of ether oxygens (including phenoxy) is 1. The van der Waals surface area contributed by atoms with Crippen LogP contribution in [0.5, 0.6) is 0 Å². The largest absolute Gasteiger partial charge is 0.464 e. The molecule has 0 saturated carbocycles. The number of carbonyl (C=O) groups is 3. The zero-order chi connectivity index (χ0) is 15.9. The third-order valence-electron chi connectivity index (χ3n) is 3.56. The maximum atomic E-state index is 12.5. The summed E-state index contributed by atoms with van der Waals surface area (Å²) in [6.45, 7) is 1.32. The average molecular weight is 362 g/mol. The van der Waals surface area contributed by atoms with Crippen molar-refractivity contribution in [1.82, 2.24) is 4.90 Å². The summed E-state index contributed by atoms with van der Waals surface area (Å²) in [5.41, 5.74) is 0.965. The number of carbonyl (C=O) groups excluding carboxylic acids is 3. The van der Waals surface area contributed by atoms with E-state index in [1.165, 1.54) is 6.92 Å². The zero-order valence-corrected chi connectivity index (χ0v) is 13.3. The van der Waals surface area contributed by atoms with Crippen LogP contribution in [-0.4, -0.2) is 35.8 Å². The highest BCUT2D eigenvalue weighted by Crippen LogP contribution is 2.34. The van der Waals surface area contributed by atoms with E-state index < -0.39 is 5.97 Å². The van der Waals surface area contributed by atoms with E-state index in [9.17, 15) is 14.4 Å². The highest BCUT2D eigenvalue weighted by molar-refractivity contribution is 9.10. The van der Waals surface area contributed by atoms with Crippen LogP contribution in [0, 0.1) is 0 Å². The van der Waals surface area contributed by atoms with Crippen LogP contribution >= 0.6 is 15.9 Å². The molecule has 0 N–H and O–H groups in total. The van der Waals surface area contributed by atoms with Gasteiger partial charge in [0.15, 0.2) is 0 Å². The van der Waals surface area contributed by atoms with Crippen LogP contribution in [0.2, 0.25) is 0 Å². The molecule has 0 fully saturated rings. The van der Waals surface area contributed by atoms with E-state index in [2.05, 4.69) is 15.9 Å². The lowest BCUT2D eigenvalue weighted by Crippen LogP contribution is -2.42. The molecule has 112 valence electrons. The normalized spacial score (nSPS) is 13.6. The van der Waals surface area contributed by atoms with Gasteiger partial charge in [0, 0.05) is 27.9 Å². The Morgan fingerprint density at radius 1 is 1.14 bits per heavy atom. The molecule has 0 unspecified atom stereocenters. The summed E-state index contributed by atoms with van der Waals surface area (Å²) in [7, 11) is 0. The van der Waals surface area contributed by atoms with Crippen LogP contribution in [-0.2, 0) is 9.53 Å². The van der Waals surface area contributed by atoms with Crippen molar-refractivity contribution in [1.29, 1.82) is 0 Å². The summed E-state index contributed by atoms with van der Waals surface area (Å²) in [5.74, 6) is -1.18. The maximum Gasteiger partial charge on any atom is 0.302 e. The Balaban J connectivity index is 2.05. The number of hydrogen-bond acceptors (Lipinski definition) is 4. The summed E-state index contributed by atoms with van der Waals surface area (Å²) in [6, 6.07) is 8.83. The molecule has 3 rings (SSSR count). The molecule has 1 heterocycles. The number of benzene rings is 2. The van der Waals surface area contributed by atoms with Crippen LogP contribution in [0.25, 0.3) is 10.8 Å². The van der Waals surface area contributed by atoms with Crippen LogP contribution in [0.3, 0.4) is 0 Å². The van der Waals surface area contributed by atoms with E-state index in [0.717, 1.165) is 14.8 Å². The molecule has 2 aromatic carbocycles. The molecular weight excluding hydrogens is 350 g/mol. The van der Waals surface area contributed by atoms with E-state index in [1.807, 2.05) is 6.07 Å². The van der Waals surface area contributed by atoms with Gasteiger partial charge in [-0.1, -0.05) is 28.1 Å². The molecule has 5 nitrogen and oxygen atoms in total. The van der Waals surface area contributed by atoms with E-state index in [0.29, 0.717) is 16.5 Å². The molecule has 1 aliphatic heterocycles. The molecule has 6 heteroatoms. The quantitative estimate of drug-likeness (QED) is 0.622. The number of rotatable bonds is 3. The Morgan fingerprint density at radius 3 is 2.50 bits per heavy atom. The fourth-order valence-corrected chi connectivity index (χ4v) is 3.06. The van der Waals surface area contributed by atoms with Crippen LogP contribution in [0.1, 0.15) is 27.6 Å². The summed E-state index contributed by atoms with van der Waals surface area (Å²) in [4.78, 5) is 37.0. The van der Waals surface area contributed by atoms with Gasteiger partial charge in [0.05, 0.1) is 6.54 Å². The van der Waals surface area contributed by atoms with Crippen molar-refractivity contribution in [2.24, 2.45) is 0 Å². The molecule has 0 aromatic heterocycles. The molecule has 0 bridgehead atoms. The number of amides is 2. The monoisotopic (exact) mass is 361 g/mol. The Morgan fingerprint density at radius 2 is 1.82 bits per heavy atom. The van der Waals surface area contributed by atoms with Crippen molar-refractivity contribution in [3.8, 4) is 0 Å². The van der Waals surface area contributed by atoms with E-state index in [-0.39, 0.29) is 25.0 Å². The Labute approximate surface area is 135 Å². The third kappa shape index (κ3) is 2.29. The first kappa shape index (κ1) is 14.7. The van der Waals surface area contributed by atoms with Gasteiger partial charge in [0.2, 0.25) is 0 Å². The second-order valence-electron chi connectivity index (χ2n) is 4.93. The first-order valence-corrected chi connectivity index (χ1v) is 7.51. The zero-order valence-electron chi connectivity index (χ0n) is 11.8. The smallest absolute Gasteiger partial charge is 0.302 e. The molecule has 0 atom stereocenters. The van der Waals surface area contributed by atoms with Crippen molar-refractivity contribution in [3.05, 3.63) is 45.9 Å². The van der Waals surface area contributed by atoms with Crippen molar-refractivity contribution in [2.75, 3.05) is 13.2 Å². The number of nitrogens with zero attached hydrogens (tertiary/aromatic N) is 1.